The van der Waals surface area contributed by atoms with Gasteiger partial charge in [0.2, 0.25) is 11.6 Å². The normalized spacial score (nSPS) is 12.9. The number of nitrogen functional groups attached to an aromatic ring is 1. The number of imidazole rings is 1. The van der Waals surface area contributed by atoms with E-state index in [4.69, 9.17) is 32.4 Å². The largest absolute Gasteiger partial charge is 0.408 e. The molecule has 9 heteroatoms. The minimum absolute atomic E-state index is 0.00411. The number of nitrogens with two attached hydrogens (primary N) is 1. The molecule has 0 aliphatic carbocycles. The highest BCUT2D eigenvalue weighted by Crippen LogP contribution is 2.18. The highest BCUT2D eigenvalue weighted by molar-refractivity contribution is 6.33. The molecule has 2 heterocycles. The van der Waals surface area contributed by atoms with Crippen LogP contribution >= 0.6 is 11.6 Å². The number of anilines is 1. The van der Waals surface area contributed by atoms with Crippen LogP contribution in [0.2, 0.25) is 5.15 Å². The van der Waals surface area contributed by atoms with Crippen LogP contribution in [-0.4, -0.2) is 49.2 Å². The van der Waals surface area contributed by atoms with Crippen molar-refractivity contribution in [2.75, 3.05) is 18.9 Å². The summed E-state index contributed by atoms with van der Waals surface area (Å²) in [4.78, 5) is 16.8. The van der Waals surface area contributed by atoms with Gasteiger partial charge in [0.25, 0.3) is 0 Å². The summed E-state index contributed by atoms with van der Waals surface area (Å²) in [5, 5.41) is 17.9. The third-order valence-electron chi connectivity index (χ3n) is 1.96. The van der Waals surface area contributed by atoms with Crippen molar-refractivity contribution < 1.29 is 15.1 Å². The number of rotatable bonds is 4. The van der Waals surface area contributed by atoms with Crippen molar-refractivity contribution >= 4 is 28.7 Å². The summed E-state index contributed by atoms with van der Waals surface area (Å²) in [6, 6.07) is 0. The van der Waals surface area contributed by atoms with E-state index in [2.05, 4.69) is 15.0 Å². The zero-order valence-electron chi connectivity index (χ0n) is 8.62. The van der Waals surface area contributed by atoms with E-state index in [1.54, 1.807) is 0 Å². The fraction of sp³-hybridized carbons (Fsp3) is 0.375. The maximum absolute atomic E-state index is 9.15. The summed E-state index contributed by atoms with van der Waals surface area (Å²) in [5.41, 5.74) is 6.09. The van der Waals surface area contributed by atoms with Crippen molar-refractivity contribution in [1.82, 2.24) is 19.7 Å². The van der Waals surface area contributed by atoms with Crippen molar-refractivity contribution in [2.24, 2.45) is 0 Å². The van der Waals surface area contributed by atoms with Crippen molar-refractivity contribution in [3.63, 3.8) is 0 Å². The summed E-state index contributed by atoms with van der Waals surface area (Å²) in [6.07, 6.45) is 0.344. The zero-order chi connectivity index (χ0) is 12.4. The van der Waals surface area contributed by atoms with Gasteiger partial charge >= 0.3 is 0 Å². The van der Waals surface area contributed by atoms with Gasteiger partial charge in [0.1, 0.15) is 24.6 Å². The molecule has 0 fully saturated rings. The predicted octanol–water partition coefficient (Wildman–Crippen LogP) is -1.16. The molecule has 0 bridgehead atoms. The Balaban J connectivity index is 2.29. The monoisotopic (exact) mass is 259 g/mol. The molecule has 0 aromatic carbocycles. The predicted molar refractivity (Wildman–Crippen MR) is 59.3 cm³/mol. The Morgan fingerprint density at radius 3 is 3.00 bits per heavy atom. The Hall–Kier alpha value is -1.64. The zero-order valence-corrected chi connectivity index (χ0v) is 9.37. The van der Waals surface area contributed by atoms with Gasteiger partial charge in [0.15, 0.2) is 5.15 Å². The second kappa shape index (κ2) is 4.70. The summed E-state index contributed by atoms with van der Waals surface area (Å²) in [7, 11) is 0. The summed E-state index contributed by atoms with van der Waals surface area (Å²) in [5.74, 6) is -0.00411. The third kappa shape index (κ3) is 2.38. The van der Waals surface area contributed by atoms with Gasteiger partial charge in [0.05, 0.1) is 6.61 Å². The van der Waals surface area contributed by atoms with Crippen LogP contribution in [0.1, 0.15) is 0 Å². The van der Waals surface area contributed by atoms with Crippen LogP contribution in [-0.2, 0) is 0 Å². The second-order valence-corrected chi connectivity index (χ2v) is 3.61. The van der Waals surface area contributed by atoms with Gasteiger partial charge in [-0.15, -0.1) is 0 Å². The van der Waals surface area contributed by atoms with Crippen LogP contribution in [0.3, 0.4) is 0 Å². The van der Waals surface area contributed by atoms with Crippen LogP contribution < -0.4 is 10.6 Å². The lowest BCUT2D eigenvalue weighted by molar-refractivity contribution is 0.00239. The number of aliphatic hydroxyl groups is 2. The quantitative estimate of drug-likeness (QED) is 0.593. The smallest absolute Gasteiger partial charge is 0.223 e. The fourth-order valence-corrected chi connectivity index (χ4v) is 1.40. The molecule has 2 rings (SSSR count). The average molecular weight is 260 g/mol. The lowest BCUT2D eigenvalue weighted by Gasteiger charge is -2.09. The van der Waals surface area contributed by atoms with Crippen LogP contribution in [0, 0.1) is 0 Å². The fourth-order valence-electron chi connectivity index (χ4n) is 1.18. The molecule has 4 N–H and O–H groups in total. The Bertz CT molecular complexity index is 531. The number of nitrogens with zero attached hydrogens (tertiary/aromatic N) is 4. The lowest BCUT2D eigenvalue weighted by Crippen LogP contribution is -2.26. The summed E-state index contributed by atoms with van der Waals surface area (Å²) in [6.45, 7) is -0.506. The maximum atomic E-state index is 9.15. The molecule has 2 aromatic heterocycles. The molecular weight excluding hydrogens is 250 g/mol. The van der Waals surface area contributed by atoms with E-state index >= 15 is 0 Å². The van der Waals surface area contributed by atoms with E-state index in [0.717, 1.165) is 0 Å². The van der Waals surface area contributed by atoms with Crippen LogP contribution in [0.25, 0.3) is 11.2 Å². The minimum Gasteiger partial charge on any atom is -0.408 e. The van der Waals surface area contributed by atoms with E-state index in [0.29, 0.717) is 11.2 Å². The van der Waals surface area contributed by atoms with Gasteiger partial charge in [-0.05, 0) is 0 Å². The van der Waals surface area contributed by atoms with Crippen LogP contribution in [0.15, 0.2) is 6.33 Å². The van der Waals surface area contributed by atoms with Gasteiger partial charge in [0, 0.05) is 0 Å². The van der Waals surface area contributed by atoms with Gasteiger partial charge < -0.3 is 20.8 Å². The van der Waals surface area contributed by atoms with Gasteiger partial charge in [-0.2, -0.15) is 14.7 Å². The van der Waals surface area contributed by atoms with Crippen LogP contribution in [0.5, 0.6) is 0 Å². The van der Waals surface area contributed by atoms with E-state index in [-0.39, 0.29) is 17.7 Å². The molecule has 17 heavy (non-hydrogen) atoms. The highest BCUT2D eigenvalue weighted by atomic mass is 35.5. The number of hydrogen-bond donors (Lipinski definition) is 3. The SMILES string of the molecule is Nc1nc(Cl)c2ncn(OCC(O)CO)c2n1. The Kier molecular flexibility index (Phi) is 3.27. The molecule has 8 nitrogen and oxygen atoms in total. The van der Waals surface area contributed by atoms with Crippen molar-refractivity contribution in [2.45, 2.75) is 6.10 Å². The molecule has 1 unspecified atom stereocenters. The number of aliphatic hydroxyl groups excluding tert-OH is 2. The molecule has 0 saturated carbocycles. The van der Waals surface area contributed by atoms with E-state index in [9.17, 15) is 0 Å². The van der Waals surface area contributed by atoms with Crippen molar-refractivity contribution in [3.8, 4) is 0 Å². The maximum Gasteiger partial charge on any atom is 0.223 e. The molecule has 2 aromatic rings. The van der Waals surface area contributed by atoms with E-state index in [1.165, 1.54) is 11.1 Å². The first-order valence-corrected chi connectivity index (χ1v) is 5.08. The Morgan fingerprint density at radius 1 is 1.53 bits per heavy atom. The van der Waals surface area contributed by atoms with Gasteiger partial charge in [-0.1, -0.05) is 11.6 Å². The summed E-state index contributed by atoms with van der Waals surface area (Å²) >= 11 is 5.81. The average Bonchev–Trinajstić information content (AvgIpc) is 2.69. The van der Waals surface area contributed by atoms with Crippen LogP contribution in [0.4, 0.5) is 5.95 Å². The molecule has 0 spiro atoms. The molecule has 1 atom stereocenters. The van der Waals surface area contributed by atoms with E-state index < -0.39 is 12.7 Å². The molecule has 0 aliphatic rings. The summed E-state index contributed by atoms with van der Waals surface area (Å²) < 4.78 is 1.21. The lowest BCUT2D eigenvalue weighted by atomic mass is 10.4. The first kappa shape index (κ1) is 11.8. The first-order chi connectivity index (χ1) is 8.11. The van der Waals surface area contributed by atoms with Gasteiger partial charge in [-0.25, -0.2) is 4.98 Å². The molecule has 92 valence electrons. The number of fused-ring (bicyclic) bond motifs is 1. The minimum atomic E-state index is -0.984. The second-order valence-electron chi connectivity index (χ2n) is 3.25. The molecular formula is C8H10ClN5O3. The molecule has 0 aliphatic heterocycles. The third-order valence-corrected chi connectivity index (χ3v) is 2.22. The standard InChI is InChI=1S/C8H10ClN5O3/c9-6-5-7(13-8(10)12-6)14(3-11-5)17-2-4(16)1-15/h3-4,15-16H,1-2H2,(H2,10,12,13). The van der Waals surface area contributed by atoms with Gasteiger partial charge in [-0.3, -0.25) is 0 Å². The number of halogens is 1. The van der Waals surface area contributed by atoms with E-state index in [1.807, 2.05) is 0 Å². The Morgan fingerprint density at radius 2 is 2.29 bits per heavy atom. The molecule has 0 radical (unpaired) electrons. The molecule has 0 saturated heterocycles. The first-order valence-electron chi connectivity index (χ1n) is 4.70. The van der Waals surface area contributed by atoms with Crippen molar-refractivity contribution in [3.05, 3.63) is 11.5 Å². The number of hydrogen-bond acceptors (Lipinski definition) is 7. The molecule has 0 amide bonds. The number of aromatic nitrogens is 4. The van der Waals surface area contributed by atoms with Crippen molar-refractivity contribution in [1.29, 1.82) is 0 Å². The Labute approximate surface area is 101 Å². The topological polar surface area (TPSA) is 119 Å². The highest BCUT2D eigenvalue weighted by Gasteiger charge is 2.12.